The Hall–Kier alpha value is -0.340. The first kappa shape index (κ1) is 14.1. The maximum Gasteiger partial charge on any atom is 0.0192 e. The van der Waals surface area contributed by atoms with Gasteiger partial charge in [0.2, 0.25) is 0 Å². The summed E-state index contributed by atoms with van der Waals surface area (Å²) in [6.45, 7) is 5.18. The van der Waals surface area contributed by atoms with Crippen LogP contribution in [0.5, 0.6) is 0 Å². The van der Waals surface area contributed by atoms with Crippen molar-refractivity contribution in [3.63, 3.8) is 0 Å². The van der Waals surface area contributed by atoms with Gasteiger partial charge >= 0.3 is 0 Å². The molecule has 1 saturated heterocycles. The first-order chi connectivity index (χ1) is 8.74. The Labute approximate surface area is 113 Å². The van der Waals surface area contributed by atoms with Crippen LogP contribution in [-0.4, -0.2) is 50.1 Å². The topological polar surface area (TPSA) is 6.48 Å². The molecule has 2 rings (SSSR count). The van der Waals surface area contributed by atoms with E-state index in [1.807, 2.05) is 0 Å². The Kier molecular flexibility index (Phi) is 5.71. The SMILES string of the molecule is CN(C)CCC1CCCN(CC2=CCCCC2)C1. The smallest absolute Gasteiger partial charge is 0.0192 e. The van der Waals surface area contributed by atoms with Crippen molar-refractivity contribution >= 4 is 0 Å². The van der Waals surface area contributed by atoms with E-state index in [4.69, 9.17) is 0 Å². The Bertz CT molecular complexity index is 270. The van der Waals surface area contributed by atoms with E-state index in [9.17, 15) is 0 Å². The quantitative estimate of drug-likeness (QED) is 0.692. The molecule has 0 saturated carbocycles. The molecule has 0 N–H and O–H groups in total. The minimum Gasteiger partial charge on any atom is -0.309 e. The van der Waals surface area contributed by atoms with E-state index < -0.39 is 0 Å². The lowest BCUT2D eigenvalue weighted by Crippen LogP contribution is -2.37. The summed E-state index contributed by atoms with van der Waals surface area (Å²) in [5.41, 5.74) is 1.72. The second-order valence-corrected chi connectivity index (χ2v) is 6.44. The van der Waals surface area contributed by atoms with Gasteiger partial charge in [0.1, 0.15) is 0 Å². The zero-order valence-electron chi connectivity index (χ0n) is 12.3. The number of allylic oxidation sites excluding steroid dienone is 1. The highest BCUT2D eigenvalue weighted by Gasteiger charge is 2.20. The second-order valence-electron chi connectivity index (χ2n) is 6.44. The fourth-order valence-corrected chi connectivity index (χ4v) is 3.31. The normalized spacial score (nSPS) is 26.4. The Morgan fingerprint density at radius 1 is 1.28 bits per heavy atom. The van der Waals surface area contributed by atoms with Crippen molar-refractivity contribution < 1.29 is 0 Å². The largest absolute Gasteiger partial charge is 0.309 e. The van der Waals surface area contributed by atoms with Crippen molar-refractivity contribution in [2.45, 2.75) is 44.9 Å². The summed E-state index contributed by atoms with van der Waals surface area (Å²) in [7, 11) is 4.38. The lowest BCUT2D eigenvalue weighted by molar-refractivity contribution is 0.170. The summed E-state index contributed by atoms with van der Waals surface area (Å²) < 4.78 is 0. The average Bonchev–Trinajstić information content (AvgIpc) is 2.38. The molecular formula is C16H30N2. The van der Waals surface area contributed by atoms with Gasteiger partial charge in [-0.2, -0.15) is 0 Å². The van der Waals surface area contributed by atoms with Gasteiger partial charge in [0.05, 0.1) is 0 Å². The molecule has 0 spiro atoms. The van der Waals surface area contributed by atoms with E-state index in [1.165, 1.54) is 71.1 Å². The molecule has 2 heteroatoms. The number of likely N-dealkylation sites (tertiary alicyclic amines) is 1. The number of rotatable bonds is 5. The number of hydrogen-bond donors (Lipinski definition) is 0. The van der Waals surface area contributed by atoms with Gasteiger partial charge in [0, 0.05) is 13.1 Å². The van der Waals surface area contributed by atoms with Crippen LogP contribution in [0.2, 0.25) is 0 Å². The van der Waals surface area contributed by atoms with Crippen LogP contribution in [0.1, 0.15) is 44.9 Å². The minimum absolute atomic E-state index is 0.936. The van der Waals surface area contributed by atoms with Gasteiger partial charge in [-0.1, -0.05) is 11.6 Å². The van der Waals surface area contributed by atoms with Gasteiger partial charge in [-0.05, 0) is 78.0 Å². The molecule has 0 aromatic rings. The first-order valence-electron chi connectivity index (χ1n) is 7.79. The molecular weight excluding hydrogens is 220 g/mol. The molecule has 2 nitrogen and oxygen atoms in total. The predicted octanol–water partition coefficient (Wildman–Crippen LogP) is 3.15. The van der Waals surface area contributed by atoms with Crippen molar-refractivity contribution in [3.8, 4) is 0 Å². The zero-order chi connectivity index (χ0) is 12.8. The van der Waals surface area contributed by atoms with E-state index in [2.05, 4.69) is 30.0 Å². The monoisotopic (exact) mass is 250 g/mol. The molecule has 2 aliphatic rings. The summed E-state index contributed by atoms with van der Waals surface area (Å²) in [6, 6.07) is 0. The van der Waals surface area contributed by atoms with Gasteiger partial charge in [0.15, 0.2) is 0 Å². The molecule has 0 amide bonds. The minimum atomic E-state index is 0.936. The molecule has 1 unspecified atom stereocenters. The van der Waals surface area contributed by atoms with Crippen LogP contribution in [0.25, 0.3) is 0 Å². The third-order valence-corrected chi connectivity index (χ3v) is 4.40. The zero-order valence-corrected chi connectivity index (χ0v) is 12.3. The predicted molar refractivity (Wildman–Crippen MR) is 78.9 cm³/mol. The van der Waals surface area contributed by atoms with Crippen LogP contribution < -0.4 is 0 Å². The summed E-state index contributed by atoms with van der Waals surface area (Å²) >= 11 is 0. The standard InChI is InChI=1S/C16H30N2/c1-17(2)12-10-16-9-6-11-18(14-16)13-15-7-4-3-5-8-15/h7,16H,3-6,8-14H2,1-2H3. The highest BCUT2D eigenvalue weighted by molar-refractivity contribution is 5.07. The van der Waals surface area contributed by atoms with Crippen molar-refractivity contribution in [2.75, 3.05) is 40.3 Å². The fourth-order valence-electron chi connectivity index (χ4n) is 3.31. The summed E-state index contributed by atoms with van der Waals surface area (Å²) in [5.74, 6) is 0.936. The van der Waals surface area contributed by atoms with Gasteiger partial charge in [-0.25, -0.2) is 0 Å². The molecule has 1 heterocycles. The molecule has 1 atom stereocenters. The van der Waals surface area contributed by atoms with Gasteiger partial charge in [0.25, 0.3) is 0 Å². The highest BCUT2D eigenvalue weighted by atomic mass is 15.1. The van der Waals surface area contributed by atoms with Crippen LogP contribution >= 0.6 is 0 Å². The lowest BCUT2D eigenvalue weighted by Gasteiger charge is -2.34. The maximum absolute atomic E-state index is 2.71. The summed E-state index contributed by atoms with van der Waals surface area (Å²) in [4.78, 5) is 5.03. The first-order valence-corrected chi connectivity index (χ1v) is 7.79. The molecule has 104 valence electrons. The van der Waals surface area contributed by atoms with E-state index in [0.717, 1.165) is 5.92 Å². The highest BCUT2D eigenvalue weighted by Crippen LogP contribution is 2.23. The van der Waals surface area contributed by atoms with Crippen molar-refractivity contribution in [2.24, 2.45) is 5.92 Å². The molecule has 1 aliphatic carbocycles. The molecule has 18 heavy (non-hydrogen) atoms. The van der Waals surface area contributed by atoms with Crippen LogP contribution in [0.15, 0.2) is 11.6 Å². The Balaban J connectivity index is 1.74. The van der Waals surface area contributed by atoms with Crippen LogP contribution in [-0.2, 0) is 0 Å². The van der Waals surface area contributed by atoms with Crippen LogP contribution in [0.3, 0.4) is 0 Å². The molecule has 1 aliphatic heterocycles. The molecule has 0 bridgehead atoms. The van der Waals surface area contributed by atoms with E-state index in [0.29, 0.717) is 0 Å². The van der Waals surface area contributed by atoms with Gasteiger partial charge in [-0.15, -0.1) is 0 Å². The Morgan fingerprint density at radius 2 is 2.17 bits per heavy atom. The number of piperidine rings is 1. The van der Waals surface area contributed by atoms with E-state index in [1.54, 1.807) is 5.57 Å². The number of hydrogen-bond acceptors (Lipinski definition) is 2. The lowest BCUT2D eigenvalue weighted by atomic mass is 9.93. The van der Waals surface area contributed by atoms with Crippen LogP contribution in [0, 0.1) is 5.92 Å². The molecule has 1 fully saturated rings. The molecule has 0 aromatic heterocycles. The molecule has 0 aromatic carbocycles. The Morgan fingerprint density at radius 3 is 2.89 bits per heavy atom. The van der Waals surface area contributed by atoms with E-state index >= 15 is 0 Å². The fraction of sp³-hybridized carbons (Fsp3) is 0.875. The third kappa shape index (κ3) is 4.74. The third-order valence-electron chi connectivity index (χ3n) is 4.40. The van der Waals surface area contributed by atoms with Crippen molar-refractivity contribution in [3.05, 3.63) is 11.6 Å². The second kappa shape index (κ2) is 7.30. The maximum atomic E-state index is 2.71. The average molecular weight is 250 g/mol. The summed E-state index contributed by atoms with van der Waals surface area (Å²) in [6.07, 6.45) is 12.3. The van der Waals surface area contributed by atoms with E-state index in [-0.39, 0.29) is 0 Å². The van der Waals surface area contributed by atoms with Crippen molar-refractivity contribution in [1.29, 1.82) is 0 Å². The number of nitrogens with zero attached hydrogens (tertiary/aromatic N) is 2. The molecule has 0 radical (unpaired) electrons. The van der Waals surface area contributed by atoms with Crippen LogP contribution in [0.4, 0.5) is 0 Å². The summed E-state index contributed by atoms with van der Waals surface area (Å²) in [5, 5.41) is 0. The van der Waals surface area contributed by atoms with Gasteiger partial charge < -0.3 is 4.90 Å². The van der Waals surface area contributed by atoms with Gasteiger partial charge in [-0.3, -0.25) is 4.90 Å². The van der Waals surface area contributed by atoms with Crippen molar-refractivity contribution in [1.82, 2.24) is 9.80 Å².